The van der Waals surface area contributed by atoms with Crippen molar-refractivity contribution in [1.29, 1.82) is 0 Å². The molecule has 0 aromatic carbocycles. The van der Waals surface area contributed by atoms with Gasteiger partial charge in [0.05, 0.1) is 0 Å². The molecule has 5 nitrogen and oxygen atoms in total. The summed E-state index contributed by atoms with van der Waals surface area (Å²) in [4.78, 5) is 19.9. The summed E-state index contributed by atoms with van der Waals surface area (Å²) in [5.74, 6) is -0.940. The number of carbonyl (C=O) groups is 1. The summed E-state index contributed by atoms with van der Waals surface area (Å²) in [6.07, 6.45) is 2.53. The van der Waals surface area contributed by atoms with Crippen LogP contribution in [0.4, 0.5) is 5.13 Å². The van der Waals surface area contributed by atoms with Crippen LogP contribution in [-0.4, -0.2) is 52.7 Å². The lowest BCUT2D eigenvalue weighted by Gasteiger charge is -2.42. The first-order chi connectivity index (χ1) is 8.65. The van der Waals surface area contributed by atoms with Crippen LogP contribution in [0.5, 0.6) is 0 Å². The zero-order chi connectivity index (χ0) is 12.7. The highest BCUT2D eigenvalue weighted by atomic mass is 32.1. The van der Waals surface area contributed by atoms with Crippen molar-refractivity contribution in [3.8, 4) is 0 Å². The minimum absolute atomic E-state index is 0.163. The molecule has 2 aliphatic heterocycles. The molecule has 2 fully saturated rings. The number of fused-ring (bicyclic) bond motifs is 1. The standard InChI is InChI=1S/C12H17N3O2S/c1-8-5-14-4-2-3-9(14)6-15(8)12-13-10(7-18-12)11(16)17/h7-9H,2-6H2,1H3,(H,16,17). The van der Waals surface area contributed by atoms with Crippen molar-refractivity contribution in [2.24, 2.45) is 0 Å². The zero-order valence-electron chi connectivity index (χ0n) is 10.4. The van der Waals surface area contributed by atoms with E-state index in [0.29, 0.717) is 12.1 Å². The lowest BCUT2D eigenvalue weighted by atomic mass is 10.1. The molecule has 2 saturated heterocycles. The molecule has 18 heavy (non-hydrogen) atoms. The van der Waals surface area contributed by atoms with Gasteiger partial charge >= 0.3 is 5.97 Å². The molecule has 2 aliphatic rings. The van der Waals surface area contributed by atoms with Crippen molar-refractivity contribution in [2.45, 2.75) is 31.8 Å². The van der Waals surface area contributed by atoms with Crippen LogP contribution in [0, 0.1) is 0 Å². The number of aromatic nitrogens is 1. The molecule has 6 heteroatoms. The maximum atomic E-state index is 10.9. The number of carboxylic acid groups (broad SMARTS) is 1. The Balaban J connectivity index is 1.80. The summed E-state index contributed by atoms with van der Waals surface area (Å²) in [6, 6.07) is 1.03. The van der Waals surface area contributed by atoms with Gasteiger partial charge in [0.2, 0.25) is 0 Å². The highest BCUT2D eigenvalue weighted by Crippen LogP contribution is 2.30. The Morgan fingerprint density at radius 2 is 2.39 bits per heavy atom. The van der Waals surface area contributed by atoms with Gasteiger partial charge in [-0.05, 0) is 26.3 Å². The summed E-state index contributed by atoms with van der Waals surface area (Å²) in [5.41, 5.74) is 0.163. The molecule has 0 radical (unpaired) electrons. The van der Waals surface area contributed by atoms with Gasteiger partial charge in [-0.25, -0.2) is 9.78 Å². The number of nitrogens with zero attached hydrogens (tertiary/aromatic N) is 3. The van der Waals surface area contributed by atoms with Crippen molar-refractivity contribution in [1.82, 2.24) is 9.88 Å². The van der Waals surface area contributed by atoms with E-state index in [4.69, 9.17) is 5.11 Å². The van der Waals surface area contributed by atoms with Gasteiger partial charge in [-0.1, -0.05) is 0 Å². The minimum Gasteiger partial charge on any atom is -0.476 e. The van der Waals surface area contributed by atoms with Crippen molar-refractivity contribution in [3.05, 3.63) is 11.1 Å². The fourth-order valence-electron chi connectivity index (χ4n) is 2.95. The molecule has 0 aliphatic carbocycles. The topological polar surface area (TPSA) is 56.7 Å². The molecule has 0 saturated carbocycles. The van der Waals surface area contributed by atoms with E-state index in [1.807, 2.05) is 0 Å². The predicted molar refractivity (Wildman–Crippen MR) is 70.5 cm³/mol. The molecule has 2 unspecified atom stereocenters. The summed E-state index contributed by atoms with van der Waals surface area (Å²) in [7, 11) is 0. The van der Waals surface area contributed by atoms with Gasteiger partial charge in [0, 0.05) is 30.6 Å². The molecular weight excluding hydrogens is 250 g/mol. The Morgan fingerprint density at radius 3 is 3.11 bits per heavy atom. The summed E-state index contributed by atoms with van der Waals surface area (Å²) >= 11 is 1.44. The second-order valence-electron chi connectivity index (χ2n) is 5.11. The Bertz CT molecular complexity index is 462. The maximum Gasteiger partial charge on any atom is 0.355 e. The van der Waals surface area contributed by atoms with E-state index in [-0.39, 0.29) is 5.69 Å². The highest BCUT2D eigenvalue weighted by molar-refractivity contribution is 7.13. The third-order valence-corrected chi connectivity index (χ3v) is 4.77. The van der Waals surface area contributed by atoms with Crippen LogP contribution < -0.4 is 4.90 Å². The molecule has 3 heterocycles. The Kier molecular flexibility index (Phi) is 2.99. The molecule has 1 N–H and O–H groups in total. The molecular formula is C12H17N3O2S. The summed E-state index contributed by atoms with van der Waals surface area (Å²) in [5, 5.41) is 11.4. The Morgan fingerprint density at radius 1 is 1.56 bits per heavy atom. The van der Waals surface area contributed by atoms with Gasteiger partial charge in [0.25, 0.3) is 0 Å². The number of aromatic carboxylic acids is 1. The molecule has 2 atom stereocenters. The first-order valence-electron chi connectivity index (χ1n) is 6.34. The van der Waals surface area contributed by atoms with Crippen molar-refractivity contribution >= 4 is 22.4 Å². The quantitative estimate of drug-likeness (QED) is 0.880. The second-order valence-corrected chi connectivity index (χ2v) is 5.95. The molecule has 3 rings (SSSR count). The number of rotatable bonds is 2. The number of thiazole rings is 1. The number of hydrogen-bond acceptors (Lipinski definition) is 5. The van der Waals surface area contributed by atoms with Crippen LogP contribution in [-0.2, 0) is 0 Å². The highest BCUT2D eigenvalue weighted by Gasteiger charge is 2.35. The van der Waals surface area contributed by atoms with Gasteiger partial charge in [-0.3, -0.25) is 4.90 Å². The predicted octanol–water partition coefficient (Wildman–Crippen LogP) is 1.51. The fraction of sp³-hybridized carbons (Fsp3) is 0.667. The first kappa shape index (κ1) is 11.9. The average molecular weight is 267 g/mol. The smallest absolute Gasteiger partial charge is 0.355 e. The lowest BCUT2D eigenvalue weighted by molar-refractivity contribution is 0.0691. The van der Waals surface area contributed by atoms with Gasteiger partial charge in [-0.2, -0.15) is 0 Å². The average Bonchev–Trinajstić information content (AvgIpc) is 2.94. The third-order valence-electron chi connectivity index (χ3n) is 3.89. The van der Waals surface area contributed by atoms with Crippen LogP contribution in [0.3, 0.4) is 0 Å². The van der Waals surface area contributed by atoms with E-state index in [0.717, 1.165) is 18.2 Å². The van der Waals surface area contributed by atoms with E-state index in [2.05, 4.69) is 21.7 Å². The van der Waals surface area contributed by atoms with Crippen molar-refractivity contribution in [2.75, 3.05) is 24.5 Å². The lowest BCUT2D eigenvalue weighted by Crippen LogP contribution is -2.55. The van der Waals surface area contributed by atoms with Crippen LogP contribution >= 0.6 is 11.3 Å². The van der Waals surface area contributed by atoms with Crippen LogP contribution in [0.25, 0.3) is 0 Å². The summed E-state index contributed by atoms with van der Waals surface area (Å²) in [6.45, 7) is 5.44. The van der Waals surface area contributed by atoms with E-state index < -0.39 is 5.97 Å². The molecule has 0 amide bonds. The van der Waals surface area contributed by atoms with Crippen LogP contribution in [0.2, 0.25) is 0 Å². The van der Waals surface area contributed by atoms with E-state index in [9.17, 15) is 4.79 Å². The largest absolute Gasteiger partial charge is 0.476 e. The summed E-state index contributed by atoms with van der Waals surface area (Å²) < 4.78 is 0. The Labute approximate surface area is 110 Å². The van der Waals surface area contributed by atoms with Crippen molar-refractivity contribution < 1.29 is 9.90 Å². The zero-order valence-corrected chi connectivity index (χ0v) is 11.2. The monoisotopic (exact) mass is 267 g/mol. The van der Waals surface area contributed by atoms with Gasteiger partial charge in [0.15, 0.2) is 10.8 Å². The first-order valence-corrected chi connectivity index (χ1v) is 7.22. The molecule has 1 aromatic heterocycles. The second kappa shape index (κ2) is 4.51. The number of anilines is 1. The minimum atomic E-state index is -0.940. The number of carboxylic acids is 1. The molecule has 0 spiro atoms. The van der Waals surface area contributed by atoms with Gasteiger partial charge in [-0.15, -0.1) is 11.3 Å². The van der Waals surface area contributed by atoms with E-state index in [1.54, 1.807) is 5.38 Å². The SMILES string of the molecule is CC1CN2CCCC2CN1c1nc(C(=O)O)cs1. The fourth-order valence-corrected chi connectivity index (χ4v) is 3.86. The maximum absolute atomic E-state index is 10.9. The molecule has 1 aromatic rings. The third kappa shape index (κ3) is 1.99. The molecule has 98 valence electrons. The van der Waals surface area contributed by atoms with Gasteiger partial charge in [0.1, 0.15) is 0 Å². The van der Waals surface area contributed by atoms with Crippen LogP contribution in [0.1, 0.15) is 30.3 Å². The van der Waals surface area contributed by atoms with Crippen molar-refractivity contribution in [3.63, 3.8) is 0 Å². The number of piperazine rings is 1. The Hall–Kier alpha value is -1.14. The van der Waals surface area contributed by atoms with Crippen LogP contribution in [0.15, 0.2) is 5.38 Å². The normalized spacial score (nSPS) is 28.4. The van der Waals surface area contributed by atoms with E-state index in [1.165, 1.54) is 30.7 Å². The molecule has 0 bridgehead atoms. The van der Waals surface area contributed by atoms with E-state index >= 15 is 0 Å². The number of hydrogen-bond donors (Lipinski definition) is 1. The van der Waals surface area contributed by atoms with Gasteiger partial charge < -0.3 is 10.0 Å².